The van der Waals surface area contributed by atoms with Gasteiger partial charge >= 0.3 is 0 Å². The van der Waals surface area contributed by atoms with Crippen LogP contribution < -0.4 is 0 Å². The van der Waals surface area contributed by atoms with Gasteiger partial charge in [-0.05, 0) is 95.3 Å². The molecule has 0 atom stereocenters. The van der Waals surface area contributed by atoms with E-state index >= 15 is 0 Å². The van der Waals surface area contributed by atoms with Gasteiger partial charge in [-0.25, -0.2) is 0 Å². The highest BCUT2D eigenvalue weighted by atomic mass is 32.2. The molecule has 8 aromatic carbocycles. The minimum absolute atomic E-state index is 0.193. The van der Waals surface area contributed by atoms with E-state index in [1.807, 2.05) is 30.0 Å². The Balaban J connectivity index is 1.34. The number of benzene rings is 8. The second-order valence-electron chi connectivity index (χ2n) is 10.5. The van der Waals surface area contributed by atoms with Crippen LogP contribution in [0.15, 0.2) is 155 Å². The first kappa shape index (κ1) is 18.5. The topological polar surface area (TPSA) is 0 Å². The van der Waals surface area contributed by atoms with Crippen molar-refractivity contribution in [3.63, 3.8) is 0 Å². The monoisotopic (exact) mass is 541 g/mol. The third-order valence-corrected chi connectivity index (χ3v) is 9.45. The van der Waals surface area contributed by atoms with Gasteiger partial charge in [0.15, 0.2) is 0 Å². The van der Waals surface area contributed by atoms with Gasteiger partial charge in [0.1, 0.15) is 0 Å². The molecule has 0 amide bonds. The molecule has 0 aromatic heterocycles. The summed E-state index contributed by atoms with van der Waals surface area (Å²) in [6.07, 6.45) is 0. The summed E-state index contributed by atoms with van der Waals surface area (Å²) < 4.78 is 41.9. The van der Waals surface area contributed by atoms with E-state index in [-0.39, 0.29) is 35.8 Å². The summed E-state index contributed by atoms with van der Waals surface area (Å²) in [6.45, 7) is 0. The summed E-state index contributed by atoms with van der Waals surface area (Å²) in [5, 5.41) is 8.81. The third kappa shape index (κ3) is 3.43. The molecular formula is C40H24S. The van der Waals surface area contributed by atoms with Crippen molar-refractivity contribution in [2.24, 2.45) is 0 Å². The molecule has 0 aliphatic carbocycles. The van der Waals surface area contributed by atoms with Gasteiger partial charge in [0.05, 0.1) is 6.85 Å². The average Bonchev–Trinajstić information content (AvgIpc) is 3.09. The molecule has 0 saturated heterocycles. The summed E-state index contributed by atoms with van der Waals surface area (Å²) in [5.41, 5.74) is 5.63. The summed E-state index contributed by atoms with van der Waals surface area (Å²) in [4.78, 5) is 2.53. The van der Waals surface area contributed by atoms with E-state index in [1.165, 1.54) is 31.7 Å². The Morgan fingerprint density at radius 2 is 1.20 bits per heavy atom. The zero-order valence-corrected chi connectivity index (χ0v) is 22.7. The first-order chi connectivity index (χ1) is 22.4. The van der Waals surface area contributed by atoms with Gasteiger partial charge < -0.3 is 0 Å². The van der Waals surface area contributed by atoms with E-state index in [2.05, 4.69) is 97.1 Å². The Morgan fingerprint density at radius 1 is 0.439 bits per heavy atom. The Morgan fingerprint density at radius 3 is 2.12 bits per heavy atom. The second-order valence-corrected chi connectivity index (χ2v) is 11.6. The number of hydrogen-bond donors (Lipinski definition) is 0. The van der Waals surface area contributed by atoms with E-state index < -0.39 is 0 Å². The van der Waals surface area contributed by atoms with E-state index in [0.717, 1.165) is 43.4 Å². The van der Waals surface area contributed by atoms with Crippen LogP contribution in [0.5, 0.6) is 0 Å². The second kappa shape index (κ2) is 8.83. The quantitative estimate of drug-likeness (QED) is 0.155. The zero-order valence-electron chi connectivity index (χ0n) is 26.9. The SMILES string of the molecule is [2H]c1c([2H])c([2H])c(-c2cccc3c2ccc2c(-c4ccc5c(c4)-c4cccc6cccc(c46)S5)c4ccccc4cc23)c([2H])c1[2H]. The van der Waals surface area contributed by atoms with Crippen molar-refractivity contribution in [2.45, 2.75) is 9.79 Å². The van der Waals surface area contributed by atoms with Crippen LogP contribution in [0.2, 0.25) is 0 Å². The molecule has 0 spiro atoms. The predicted octanol–water partition coefficient (Wildman–Crippen LogP) is 11.8. The van der Waals surface area contributed by atoms with Crippen molar-refractivity contribution in [3.05, 3.63) is 145 Å². The van der Waals surface area contributed by atoms with Crippen LogP contribution in [0.4, 0.5) is 0 Å². The molecule has 190 valence electrons. The summed E-state index contributed by atoms with van der Waals surface area (Å²) in [7, 11) is 0. The summed E-state index contributed by atoms with van der Waals surface area (Å²) in [5.74, 6) is 0. The molecule has 9 rings (SSSR count). The minimum atomic E-state index is -0.385. The lowest BCUT2D eigenvalue weighted by Gasteiger charge is -2.22. The number of fused-ring (bicyclic) bond motifs is 6. The van der Waals surface area contributed by atoms with E-state index in [9.17, 15) is 0 Å². The van der Waals surface area contributed by atoms with E-state index in [0.29, 0.717) is 5.56 Å². The van der Waals surface area contributed by atoms with Crippen molar-refractivity contribution in [1.29, 1.82) is 0 Å². The summed E-state index contributed by atoms with van der Waals surface area (Å²) in [6, 6.07) is 39.1. The lowest BCUT2D eigenvalue weighted by atomic mass is 9.87. The Kier molecular flexibility index (Phi) is 3.98. The third-order valence-electron chi connectivity index (χ3n) is 8.32. The minimum Gasteiger partial charge on any atom is -0.0888 e. The molecule has 0 saturated carbocycles. The highest BCUT2D eigenvalue weighted by Gasteiger charge is 2.21. The molecule has 0 bridgehead atoms. The van der Waals surface area contributed by atoms with Crippen molar-refractivity contribution < 1.29 is 6.85 Å². The van der Waals surface area contributed by atoms with Crippen molar-refractivity contribution in [2.75, 3.05) is 0 Å². The van der Waals surface area contributed by atoms with E-state index in [4.69, 9.17) is 6.85 Å². The zero-order chi connectivity index (χ0) is 31.3. The molecule has 0 N–H and O–H groups in total. The van der Waals surface area contributed by atoms with Crippen molar-refractivity contribution in [1.82, 2.24) is 0 Å². The van der Waals surface area contributed by atoms with Crippen LogP contribution in [0.3, 0.4) is 0 Å². The molecule has 1 heteroatoms. The highest BCUT2D eigenvalue weighted by Crippen LogP contribution is 2.50. The number of hydrogen-bond acceptors (Lipinski definition) is 1. The molecule has 0 unspecified atom stereocenters. The Bertz CT molecular complexity index is 2590. The van der Waals surface area contributed by atoms with Gasteiger partial charge in [-0.3, -0.25) is 0 Å². The normalized spacial score (nSPS) is 14.0. The van der Waals surface area contributed by atoms with Crippen molar-refractivity contribution in [3.8, 4) is 33.4 Å². The largest absolute Gasteiger partial charge is 0.0888 e. The van der Waals surface area contributed by atoms with Crippen LogP contribution in [0.25, 0.3) is 76.5 Å². The Labute approximate surface area is 249 Å². The van der Waals surface area contributed by atoms with E-state index in [1.54, 1.807) is 0 Å². The van der Waals surface area contributed by atoms with Gasteiger partial charge in [0.25, 0.3) is 0 Å². The van der Waals surface area contributed by atoms with Gasteiger partial charge in [0, 0.05) is 15.2 Å². The summed E-state index contributed by atoms with van der Waals surface area (Å²) >= 11 is 1.82. The van der Waals surface area contributed by atoms with Crippen LogP contribution in [0, 0.1) is 0 Å². The molecule has 0 nitrogen and oxygen atoms in total. The number of rotatable bonds is 2. The molecule has 0 radical (unpaired) electrons. The van der Waals surface area contributed by atoms with Gasteiger partial charge in [0.2, 0.25) is 0 Å². The van der Waals surface area contributed by atoms with Crippen LogP contribution in [-0.4, -0.2) is 0 Å². The fourth-order valence-corrected chi connectivity index (χ4v) is 7.67. The smallest absolute Gasteiger partial charge is 0.0629 e. The molecule has 8 aromatic rings. The van der Waals surface area contributed by atoms with Crippen LogP contribution in [0.1, 0.15) is 6.85 Å². The molecule has 0 fully saturated rings. The predicted molar refractivity (Wildman–Crippen MR) is 177 cm³/mol. The lowest BCUT2D eigenvalue weighted by molar-refractivity contribution is 1.40. The standard InChI is InChI=1S/C40H24S/c1-2-9-25(10-3-1)29-15-8-16-31-32(29)20-21-34-35(31)23-27-11-4-5-14-30(27)39(34)28-19-22-37-36(24-28)33-17-6-12-26-13-7-18-38(41-37)40(26)33/h1-24H/i1D,2D,3D,9D,10D. The fourth-order valence-electron chi connectivity index (χ4n) is 6.54. The maximum Gasteiger partial charge on any atom is 0.0629 e. The van der Waals surface area contributed by atoms with Crippen molar-refractivity contribution >= 4 is 54.9 Å². The van der Waals surface area contributed by atoms with Crippen LogP contribution in [-0.2, 0) is 0 Å². The fraction of sp³-hybridized carbons (Fsp3) is 0. The molecule has 1 aliphatic rings. The average molecular weight is 542 g/mol. The van der Waals surface area contributed by atoms with Crippen LogP contribution >= 0.6 is 11.8 Å². The van der Waals surface area contributed by atoms with Gasteiger partial charge in [-0.1, -0.05) is 133 Å². The molecule has 1 heterocycles. The molecular weight excluding hydrogens is 513 g/mol. The first-order valence-corrected chi connectivity index (χ1v) is 14.5. The first-order valence-electron chi connectivity index (χ1n) is 16.2. The maximum atomic E-state index is 8.65. The molecule has 1 aliphatic heterocycles. The maximum absolute atomic E-state index is 8.65. The van der Waals surface area contributed by atoms with Gasteiger partial charge in [-0.15, -0.1) is 0 Å². The van der Waals surface area contributed by atoms with Gasteiger partial charge in [-0.2, -0.15) is 0 Å². The molecule has 41 heavy (non-hydrogen) atoms. The lowest BCUT2D eigenvalue weighted by Crippen LogP contribution is -1.94. The highest BCUT2D eigenvalue weighted by molar-refractivity contribution is 7.99. The Hall–Kier alpha value is -4.85.